The van der Waals surface area contributed by atoms with E-state index in [4.69, 9.17) is 9.47 Å². The Hall–Kier alpha value is -1.46. The minimum absolute atomic E-state index is 0.0813. The summed E-state index contributed by atoms with van der Waals surface area (Å²) in [6, 6.07) is -0.163. The highest BCUT2D eigenvalue weighted by Gasteiger charge is 2.28. The summed E-state index contributed by atoms with van der Waals surface area (Å²) in [5.41, 5.74) is 0. The standard InChI is InChI=1S/C12H22N2O4/c1-3-17-11(15)13-9-7-5-6-8-10(9)14-12(16)18-4-2/h9-10H,3-8H2,1-2H3,(H,13,15)(H,14,16)/t9-,10-/m1/s1. The topological polar surface area (TPSA) is 76.7 Å². The molecular weight excluding hydrogens is 236 g/mol. The molecule has 0 saturated heterocycles. The maximum atomic E-state index is 11.4. The molecule has 18 heavy (non-hydrogen) atoms. The van der Waals surface area contributed by atoms with E-state index < -0.39 is 12.2 Å². The van der Waals surface area contributed by atoms with Crippen LogP contribution < -0.4 is 10.6 Å². The van der Waals surface area contributed by atoms with Gasteiger partial charge in [0.1, 0.15) is 0 Å². The lowest BCUT2D eigenvalue weighted by Crippen LogP contribution is -2.53. The van der Waals surface area contributed by atoms with E-state index in [1.807, 2.05) is 0 Å². The fraction of sp³-hybridized carbons (Fsp3) is 0.833. The van der Waals surface area contributed by atoms with Gasteiger partial charge in [-0.3, -0.25) is 0 Å². The van der Waals surface area contributed by atoms with E-state index in [1.165, 1.54) is 0 Å². The Morgan fingerprint density at radius 3 is 1.67 bits per heavy atom. The van der Waals surface area contributed by atoms with Crippen LogP contribution in [0.5, 0.6) is 0 Å². The van der Waals surface area contributed by atoms with E-state index in [2.05, 4.69) is 10.6 Å². The molecule has 1 aliphatic carbocycles. The van der Waals surface area contributed by atoms with Crippen molar-refractivity contribution in [3.8, 4) is 0 Å². The average Bonchev–Trinajstić information content (AvgIpc) is 2.32. The van der Waals surface area contributed by atoms with Gasteiger partial charge in [-0.25, -0.2) is 9.59 Å². The van der Waals surface area contributed by atoms with Gasteiger partial charge >= 0.3 is 12.2 Å². The zero-order valence-electron chi connectivity index (χ0n) is 11.0. The van der Waals surface area contributed by atoms with E-state index >= 15 is 0 Å². The van der Waals surface area contributed by atoms with Crippen LogP contribution in [0, 0.1) is 0 Å². The monoisotopic (exact) mass is 258 g/mol. The van der Waals surface area contributed by atoms with Crippen LogP contribution in [-0.4, -0.2) is 37.5 Å². The van der Waals surface area contributed by atoms with Crippen LogP contribution in [0.15, 0.2) is 0 Å². The van der Waals surface area contributed by atoms with Crippen molar-refractivity contribution in [1.29, 1.82) is 0 Å². The second kappa shape index (κ2) is 7.79. The lowest BCUT2D eigenvalue weighted by atomic mass is 9.90. The highest BCUT2D eigenvalue weighted by molar-refractivity contribution is 5.69. The zero-order valence-corrected chi connectivity index (χ0v) is 11.0. The first kappa shape index (κ1) is 14.6. The molecule has 0 spiro atoms. The van der Waals surface area contributed by atoms with Crippen molar-refractivity contribution < 1.29 is 19.1 Å². The first-order valence-electron chi connectivity index (χ1n) is 6.54. The van der Waals surface area contributed by atoms with Crippen molar-refractivity contribution in [2.45, 2.75) is 51.6 Å². The van der Waals surface area contributed by atoms with Crippen LogP contribution in [0.4, 0.5) is 9.59 Å². The summed E-state index contributed by atoms with van der Waals surface area (Å²) in [5.74, 6) is 0. The molecule has 2 N–H and O–H groups in total. The Morgan fingerprint density at radius 1 is 0.944 bits per heavy atom. The second-order valence-corrected chi connectivity index (χ2v) is 4.23. The Balaban J connectivity index is 2.46. The molecule has 1 saturated carbocycles. The van der Waals surface area contributed by atoms with Crippen LogP contribution in [0.2, 0.25) is 0 Å². The molecule has 104 valence electrons. The summed E-state index contributed by atoms with van der Waals surface area (Å²) in [5, 5.41) is 5.57. The summed E-state index contributed by atoms with van der Waals surface area (Å²) in [4.78, 5) is 22.8. The summed E-state index contributed by atoms with van der Waals surface area (Å²) in [7, 11) is 0. The van der Waals surface area contributed by atoms with Crippen molar-refractivity contribution in [2.75, 3.05) is 13.2 Å². The van der Waals surface area contributed by atoms with Gasteiger partial charge in [0.15, 0.2) is 0 Å². The number of carbonyl (C=O) groups is 2. The largest absolute Gasteiger partial charge is 0.450 e. The van der Waals surface area contributed by atoms with E-state index in [9.17, 15) is 9.59 Å². The van der Waals surface area contributed by atoms with Gasteiger partial charge in [0.2, 0.25) is 0 Å². The van der Waals surface area contributed by atoms with Gasteiger partial charge in [-0.2, -0.15) is 0 Å². The summed E-state index contributed by atoms with van der Waals surface area (Å²) < 4.78 is 9.70. The van der Waals surface area contributed by atoms with Crippen molar-refractivity contribution in [1.82, 2.24) is 10.6 Å². The van der Waals surface area contributed by atoms with Crippen LogP contribution in [0.1, 0.15) is 39.5 Å². The van der Waals surface area contributed by atoms with E-state index in [0.717, 1.165) is 25.7 Å². The SMILES string of the molecule is CCOC(=O)N[C@@H]1CCCC[C@H]1NC(=O)OCC. The van der Waals surface area contributed by atoms with E-state index in [0.29, 0.717) is 13.2 Å². The molecule has 0 bridgehead atoms. The molecule has 2 amide bonds. The second-order valence-electron chi connectivity index (χ2n) is 4.23. The lowest BCUT2D eigenvalue weighted by molar-refractivity contribution is 0.129. The predicted molar refractivity (Wildman–Crippen MR) is 66.4 cm³/mol. The number of amides is 2. The third kappa shape index (κ3) is 4.81. The molecule has 6 heteroatoms. The Kier molecular flexibility index (Phi) is 6.32. The smallest absolute Gasteiger partial charge is 0.407 e. The third-order valence-electron chi connectivity index (χ3n) is 2.92. The molecule has 0 heterocycles. The number of alkyl carbamates (subject to hydrolysis) is 2. The van der Waals surface area contributed by atoms with Gasteiger partial charge in [0.05, 0.1) is 25.3 Å². The molecular formula is C12H22N2O4. The molecule has 0 unspecified atom stereocenters. The molecule has 6 nitrogen and oxygen atoms in total. The van der Waals surface area contributed by atoms with Crippen LogP contribution in [0.25, 0.3) is 0 Å². The fourth-order valence-electron chi connectivity index (χ4n) is 2.12. The van der Waals surface area contributed by atoms with Gasteiger partial charge in [-0.1, -0.05) is 12.8 Å². The van der Waals surface area contributed by atoms with Gasteiger partial charge in [0, 0.05) is 0 Å². The Labute approximate surface area is 107 Å². The predicted octanol–water partition coefficient (Wildman–Crippen LogP) is 1.79. The normalized spacial score (nSPS) is 23.0. The molecule has 0 radical (unpaired) electrons. The zero-order chi connectivity index (χ0) is 13.4. The highest BCUT2D eigenvalue weighted by Crippen LogP contribution is 2.18. The summed E-state index contributed by atoms with van der Waals surface area (Å²) in [6.07, 6.45) is 2.90. The van der Waals surface area contributed by atoms with Crippen molar-refractivity contribution in [2.24, 2.45) is 0 Å². The molecule has 0 aromatic heterocycles. The van der Waals surface area contributed by atoms with Crippen LogP contribution >= 0.6 is 0 Å². The van der Waals surface area contributed by atoms with E-state index in [1.54, 1.807) is 13.8 Å². The van der Waals surface area contributed by atoms with Gasteiger partial charge < -0.3 is 20.1 Å². The van der Waals surface area contributed by atoms with Crippen molar-refractivity contribution >= 4 is 12.2 Å². The molecule has 0 aromatic carbocycles. The molecule has 1 aliphatic rings. The minimum atomic E-state index is -0.431. The van der Waals surface area contributed by atoms with Crippen molar-refractivity contribution in [3.05, 3.63) is 0 Å². The number of hydrogen-bond donors (Lipinski definition) is 2. The molecule has 0 aromatic rings. The Morgan fingerprint density at radius 2 is 1.33 bits per heavy atom. The van der Waals surface area contributed by atoms with Crippen molar-refractivity contribution in [3.63, 3.8) is 0 Å². The average molecular weight is 258 g/mol. The number of nitrogens with one attached hydrogen (secondary N) is 2. The number of hydrogen-bond acceptors (Lipinski definition) is 4. The molecule has 2 atom stereocenters. The quantitative estimate of drug-likeness (QED) is 0.806. The molecule has 1 fully saturated rings. The summed E-state index contributed by atoms with van der Waals surface area (Å²) in [6.45, 7) is 4.20. The number of rotatable bonds is 4. The van der Waals surface area contributed by atoms with Crippen LogP contribution in [0.3, 0.4) is 0 Å². The lowest BCUT2D eigenvalue weighted by Gasteiger charge is -2.32. The summed E-state index contributed by atoms with van der Waals surface area (Å²) >= 11 is 0. The first-order valence-corrected chi connectivity index (χ1v) is 6.54. The van der Waals surface area contributed by atoms with Gasteiger partial charge in [-0.15, -0.1) is 0 Å². The van der Waals surface area contributed by atoms with Gasteiger partial charge in [0.25, 0.3) is 0 Å². The maximum Gasteiger partial charge on any atom is 0.407 e. The number of ether oxygens (including phenoxy) is 2. The highest BCUT2D eigenvalue weighted by atomic mass is 16.6. The first-order chi connectivity index (χ1) is 8.67. The number of carbonyl (C=O) groups excluding carboxylic acids is 2. The third-order valence-corrected chi connectivity index (χ3v) is 2.92. The van der Waals surface area contributed by atoms with Crippen LogP contribution in [-0.2, 0) is 9.47 Å². The minimum Gasteiger partial charge on any atom is -0.450 e. The Bertz CT molecular complexity index is 255. The molecule has 1 rings (SSSR count). The van der Waals surface area contributed by atoms with Gasteiger partial charge in [-0.05, 0) is 26.7 Å². The maximum absolute atomic E-state index is 11.4. The van der Waals surface area contributed by atoms with E-state index in [-0.39, 0.29) is 12.1 Å². The molecule has 0 aliphatic heterocycles. The fourth-order valence-corrected chi connectivity index (χ4v) is 2.12.